The summed E-state index contributed by atoms with van der Waals surface area (Å²) in [5.41, 5.74) is -2.18. The van der Waals surface area contributed by atoms with E-state index in [4.69, 9.17) is 11.6 Å². The first-order chi connectivity index (χ1) is 16.2. The van der Waals surface area contributed by atoms with Crippen molar-refractivity contribution in [2.24, 2.45) is 5.92 Å². The molecule has 0 aliphatic heterocycles. The minimum atomic E-state index is -1.62. The summed E-state index contributed by atoms with van der Waals surface area (Å²) in [5.74, 6) is 0.0961. The van der Waals surface area contributed by atoms with Gasteiger partial charge in [0, 0.05) is 39.4 Å². The number of hydrogen-bond acceptors (Lipinski definition) is 4. The molecule has 186 valence electrons. The number of benzene rings is 2. The van der Waals surface area contributed by atoms with Gasteiger partial charge in [0.15, 0.2) is 17.5 Å². The van der Waals surface area contributed by atoms with E-state index in [0.29, 0.717) is 40.5 Å². The van der Waals surface area contributed by atoms with Crippen molar-refractivity contribution < 1.29 is 28.2 Å². The fourth-order valence-corrected chi connectivity index (χ4v) is 5.38. The number of hydrogen-bond donors (Lipinski definition) is 3. The second-order valence-electron chi connectivity index (χ2n) is 9.11. The van der Waals surface area contributed by atoms with Crippen molar-refractivity contribution in [3.05, 3.63) is 70.5 Å². The number of amides is 1. The van der Waals surface area contributed by atoms with Crippen LogP contribution in [-0.4, -0.2) is 32.6 Å². The molecule has 0 heterocycles. The molecule has 0 radical (unpaired) electrons. The predicted octanol–water partition coefficient (Wildman–Crippen LogP) is 5.96. The van der Waals surface area contributed by atoms with E-state index in [2.05, 4.69) is 23.7 Å². The molecule has 9 heteroatoms. The summed E-state index contributed by atoms with van der Waals surface area (Å²) >= 11 is 7.77. The number of carbonyl (C=O) groups excluding carboxylic acids is 1. The van der Waals surface area contributed by atoms with Gasteiger partial charge in [-0.2, -0.15) is 0 Å². The number of carbonyl (C=O) groups is 1. The Kier molecular flexibility index (Phi) is 7.97. The number of rotatable bonds is 4. The molecule has 1 amide bonds. The first-order valence-corrected chi connectivity index (χ1v) is 12.0. The molecule has 4 nitrogen and oxygen atoms in total. The SMILES string of the molecule is C=C1C[C@H](Sc2cc(C(=O)Nc3cc(F)c(F)c(F)c3)ccc2Cl)CC(C)[C@]1(O)C#CC(C)(C)O. The second-order valence-corrected chi connectivity index (χ2v) is 10.9. The molecule has 0 saturated heterocycles. The lowest BCUT2D eigenvalue weighted by Crippen LogP contribution is -2.43. The van der Waals surface area contributed by atoms with Crippen LogP contribution in [0.25, 0.3) is 0 Å². The van der Waals surface area contributed by atoms with E-state index in [1.165, 1.54) is 37.7 Å². The topological polar surface area (TPSA) is 69.6 Å². The Morgan fingerprint density at radius 2 is 1.89 bits per heavy atom. The molecule has 1 aliphatic carbocycles. The normalized spacial score (nSPS) is 22.4. The summed E-state index contributed by atoms with van der Waals surface area (Å²) in [7, 11) is 0. The molecule has 0 bridgehead atoms. The van der Waals surface area contributed by atoms with Crippen LogP contribution in [0, 0.1) is 35.2 Å². The van der Waals surface area contributed by atoms with Gasteiger partial charge in [0.1, 0.15) is 11.2 Å². The number of thioether (sulfide) groups is 1. The average molecular weight is 524 g/mol. The van der Waals surface area contributed by atoms with Gasteiger partial charge in [0.2, 0.25) is 0 Å². The zero-order valence-electron chi connectivity index (χ0n) is 19.4. The maximum absolute atomic E-state index is 13.5. The van der Waals surface area contributed by atoms with Crippen molar-refractivity contribution in [1.29, 1.82) is 0 Å². The monoisotopic (exact) mass is 523 g/mol. The fourth-order valence-electron chi connectivity index (χ4n) is 3.72. The van der Waals surface area contributed by atoms with Crippen LogP contribution in [0.4, 0.5) is 18.9 Å². The van der Waals surface area contributed by atoms with E-state index in [1.54, 1.807) is 6.07 Å². The molecular weight excluding hydrogens is 499 g/mol. The minimum absolute atomic E-state index is 0.0159. The van der Waals surface area contributed by atoms with Gasteiger partial charge < -0.3 is 15.5 Å². The largest absolute Gasteiger partial charge is 0.378 e. The van der Waals surface area contributed by atoms with Crippen LogP contribution in [0.5, 0.6) is 0 Å². The third-order valence-electron chi connectivity index (χ3n) is 5.63. The summed E-state index contributed by atoms with van der Waals surface area (Å²) in [6.07, 6.45) is 1.01. The molecule has 1 fully saturated rings. The van der Waals surface area contributed by atoms with Gasteiger partial charge in [-0.1, -0.05) is 36.9 Å². The van der Waals surface area contributed by atoms with E-state index in [9.17, 15) is 28.2 Å². The summed E-state index contributed by atoms with van der Waals surface area (Å²) < 4.78 is 40.1. The molecule has 3 rings (SSSR count). The van der Waals surface area contributed by atoms with Crippen molar-refractivity contribution in [3.63, 3.8) is 0 Å². The molecule has 2 aromatic carbocycles. The third-order valence-corrected chi connectivity index (χ3v) is 7.36. The van der Waals surface area contributed by atoms with Crippen LogP contribution in [-0.2, 0) is 0 Å². The molecule has 1 unspecified atom stereocenters. The molecule has 0 spiro atoms. The lowest BCUT2D eigenvalue weighted by molar-refractivity contribution is 0.0595. The van der Waals surface area contributed by atoms with Gasteiger partial charge >= 0.3 is 0 Å². The van der Waals surface area contributed by atoms with Crippen molar-refractivity contribution in [1.82, 2.24) is 0 Å². The highest BCUT2D eigenvalue weighted by molar-refractivity contribution is 8.00. The summed E-state index contributed by atoms with van der Waals surface area (Å²) in [5, 5.41) is 23.7. The molecule has 1 aliphatic rings. The highest BCUT2D eigenvalue weighted by atomic mass is 35.5. The van der Waals surface area contributed by atoms with E-state index >= 15 is 0 Å². The Bertz CT molecular complexity index is 1210. The highest BCUT2D eigenvalue weighted by Crippen LogP contribution is 2.45. The van der Waals surface area contributed by atoms with Crippen LogP contribution < -0.4 is 5.32 Å². The predicted molar refractivity (Wildman–Crippen MR) is 132 cm³/mol. The maximum Gasteiger partial charge on any atom is 0.255 e. The van der Waals surface area contributed by atoms with Crippen LogP contribution in [0.15, 0.2) is 47.4 Å². The Morgan fingerprint density at radius 3 is 2.46 bits per heavy atom. The van der Waals surface area contributed by atoms with Gasteiger partial charge in [0.05, 0.1) is 5.02 Å². The number of aliphatic hydroxyl groups is 2. The number of halogens is 4. The third kappa shape index (κ3) is 6.42. The summed E-state index contributed by atoms with van der Waals surface area (Å²) in [6, 6.07) is 5.95. The van der Waals surface area contributed by atoms with Crippen LogP contribution in [0.2, 0.25) is 5.02 Å². The van der Waals surface area contributed by atoms with Crippen molar-refractivity contribution in [2.45, 2.75) is 55.0 Å². The Labute approximate surface area is 211 Å². The Morgan fingerprint density at radius 1 is 1.26 bits per heavy atom. The van der Waals surface area contributed by atoms with E-state index in [1.807, 2.05) is 6.92 Å². The summed E-state index contributed by atoms with van der Waals surface area (Å²) in [4.78, 5) is 13.2. The first-order valence-electron chi connectivity index (χ1n) is 10.8. The van der Waals surface area contributed by atoms with Crippen molar-refractivity contribution >= 4 is 35.0 Å². The highest BCUT2D eigenvalue weighted by Gasteiger charge is 2.42. The smallest absolute Gasteiger partial charge is 0.255 e. The van der Waals surface area contributed by atoms with Gasteiger partial charge in [0.25, 0.3) is 5.91 Å². The average Bonchev–Trinajstić information content (AvgIpc) is 2.75. The molecule has 1 saturated carbocycles. The zero-order chi connectivity index (χ0) is 26.1. The van der Waals surface area contributed by atoms with Crippen LogP contribution in [0.3, 0.4) is 0 Å². The lowest BCUT2D eigenvalue weighted by atomic mass is 9.73. The van der Waals surface area contributed by atoms with E-state index < -0.39 is 34.6 Å². The van der Waals surface area contributed by atoms with E-state index in [0.717, 1.165) is 0 Å². The Balaban J connectivity index is 1.76. The molecule has 2 aromatic rings. The summed E-state index contributed by atoms with van der Waals surface area (Å²) in [6.45, 7) is 8.93. The zero-order valence-corrected chi connectivity index (χ0v) is 21.0. The van der Waals surface area contributed by atoms with Crippen molar-refractivity contribution in [2.75, 3.05) is 5.32 Å². The number of nitrogens with one attached hydrogen (secondary N) is 1. The molecule has 3 atom stereocenters. The molecule has 35 heavy (non-hydrogen) atoms. The molecule has 0 aromatic heterocycles. The van der Waals surface area contributed by atoms with Gasteiger partial charge in [-0.15, -0.1) is 11.8 Å². The molecule has 3 N–H and O–H groups in total. The van der Waals surface area contributed by atoms with Gasteiger partial charge in [-0.25, -0.2) is 13.2 Å². The number of anilines is 1. The standard InChI is InChI=1S/C26H25ClF3NO3S/c1-14-9-18(10-15(2)26(14,34)8-7-25(3,4)33)35-22-11-16(5-6-19(22)27)24(32)31-17-12-20(28)23(30)21(29)13-17/h5-6,11-13,15,18,33-34H,1,9-10H2,2-4H3,(H,31,32)/t15?,18-,26-/m0/s1. The lowest BCUT2D eigenvalue weighted by Gasteiger charge is -2.40. The first kappa shape index (κ1) is 27.2. The van der Waals surface area contributed by atoms with Crippen molar-refractivity contribution in [3.8, 4) is 11.8 Å². The van der Waals surface area contributed by atoms with Gasteiger partial charge in [-0.05, 0) is 50.5 Å². The minimum Gasteiger partial charge on any atom is -0.378 e. The van der Waals surface area contributed by atoms with E-state index in [-0.39, 0.29) is 22.4 Å². The molecular formula is C26H25ClF3NO3S. The second kappa shape index (κ2) is 10.3. The van der Waals surface area contributed by atoms with Crippen LogP contribution >= 0.6 is 23.4 Å². The Hall–Kier alpha value is -2.44. The fraction of sp³-hybridized carbons (Fsp3) is 0.346. The quantitative estimate of drug-likeness (QED) is 0.263. The van der Waals surface area contributed by atoms with Crippen LogP contribution in [0.1, 0.15) is 44.0 Å². The van der Waals surface area contributed by atoms with Gasteiger partial charge in [-0.3, -0.25) is 4.79 Å². The maximum atomic E-state index is 13.5.